The van der Waals surface area contributed by atoms with Gasteiger partial charge in [0.15, 0.2) is 0 Å². The molecule has 0 saturated carbocycles. The van der Waals surface area contributed by atoms with Gasteiger partial charge in [-0.3, -0.25) is 4.79 Å². The molecule has 23 heavy (non-hydrogen) atoms. The molecule has 0 radical (unpaired) electrons. The van der Waals surface area contributed by atoms with E-state index in [1.54, 1.807) is 0 Å². The van der Waals surface area contributed by atoms with E-state index in [0.717, 1.165) is 11.3 Å². The van der Waals surface area contributed by atoms with Crippen LogP contribution < -0.4 is 4.74 Å². The van der Waals surface area contributed by atoms with Gasteiger partial charge in [0.1, 0.15) is 18.0 Å². The summed E-state index contributed by atoms with van der Waals surface area (Å²) in [7, 11) is 0. The van der Waals surface area contributed by atoms with Gasteiger partial charge in [0.2, 0.25) is 0 Å². The summed E-state index contributed by atoms with van der Waals surface area (Å²) in [5.41, 5.74) is 0.650. The monoisotopic (exact) mass is 324 g/mol. The highest BCUT2D eigenvalue weighted by Crippen LogP contribution is 2.12. The van der Waals surface area contributed by atoms with Crippen molar-refractivity contribution in [2.45, 2.75) is 45.6 Å². The molecule has 1 aromatic rings. The minimum absolute atomic E-state index is 0.150. The van der Waals surface area contributed by atoms with Gasteiger partial charge < -0.3 is 19.3 Å². The van der Waals surface area contributed by atoms with Gasteiger partial charge in [-0.15, -0.1) is 0 Å². The van der Waals surface area contributed by atoms with Crippen molar-refractivity contribution in [3.8, 4) is 5.75 Å². The highest BCUT2D eigenvalue weighted by molar-refractivity contribution is 5.69. The number of aliphatic hydroxyl groups is 1. The van der Waals surface area contributed by atoms with E-state index in [-0.39, 0.29) is 12.6 Å². The summed E-state index contributed by atoms with van der Waals surface area (Å²) >= 11 is 0. The fourth-order valence-electron chi connectivity index (χ4n) is 1.91. The van der Waals surface area contributed by atoms with E-state index in [9.17, 15) is 4.79 Å². The number of esters is 1. The largest absolute Gasteiger partial charge is 0.491 e. The number of benzene rings is 1. The Labute approximate surface area is 138 Å². The second-order valence-electron chi connectivity index (χ2n) is 6.27. The quantitative estimate of drug-likeness (QED) is 0.529. The molecule has 0 fully saturated rings. The first-order valence-corrected chi connectivity index (χ1v) is 8.03. The van der Waals surface area contributed by atoms with Crippen molar-refractivity contribution in [2.24, 2.45) is 0 Å². The molecule has 130 valence electrons. The molecule has 1 rings (SSSR count). The summed E-state index contributed by atoms with van der Waals surface area (Å²) in [5.74, 6) is 0.587. The van der Waals surface area contributed by atoms with E-state index in [2.05, 4.69) is 0 Å². The SMILES string of the molecule is CC(C)(C)OC(=O)CCCOCCOc1ccc(CCO)cc1. The molecule has 0 unspecified atom stereocenters. The van der Waals surface area contributed by atoms with Crippen LogP contribution in [0.5, 0.6) is 5.75 Å². The lowest BCUT2D eigenvalue weighted by Crippen LogP contribution is -2.23. The molecule has 0 aromatic heterocycles. The van der Waals surface area contributed by atoms with E-state index < -0.39 is 5.60 Å². The van der Waals surface area contributed by atoms with Gasteiger partial charge in [-0.05, 0) is 51.3 Å². The third-order valence-corrected chi connectivity index (χ3v) is 2.91. The van der Waals surface area contributed by atoms with Crippen molar-refractivity contribution in [1.29, 1.82) is 0 Å². The van der Waals surface area contributed by atoms with Gasteiger partial charge >= 0.3 is 5.97 Å². The standard InChI is InChI=1S/C18H28O5/c1-18(2,3)23-17(20)5-4-12-21-13-14-22-16-8-6-15(7-9-16)10-11-19/h6-9,19H,4-5,10-14H2,1-3H3. The van der Waals surface area contributed by atoms with Crippen molar-refractivity contribution < 1.29 is 24.1 Å². The summed E-state index contributed by atoms with van der Waals surface area (Å²) < 4.78 is 16.2. The predicted octanol–water partition coefficient (Wildman–Crippen LogP) is 2.74. The molecule has 5 heteroatoms. The van der Waals surface area contributed by atoms with Crippen LogP contribution in [0.15, 0.2) is 24.3 Å². The molecule has 0 aliphatic rings. The Kier molecular flexibility index (Phi) is 8.66. The van der Waals surface area contributed by atoms with Crippen LogP contribution in [-0.4, -0.2) is 43.1 Å². The molecule has 0 aliphatic carbocycles. The Morgan fingerprint density at radius 3 is 2.39 bits per heavy atom. The van der Waals surface area contributed by atoms with Gasteiger partial charge in [-0.2, -0.15) is 0 Å². The van der Waals surface area contributed by atoms with Crippen molar-refractivity contribution in [1.82, 2.24) is 0 Å². The van der Waals surface area contributed by atoms with Gasteiger partial charge in [-0.25, -0.2) is 0 Å². The number of hydrogen-bond donors (Lipinski definition) is 1. The Hall–Kier alpha value is -1.59. The van der Waals surface area contributed by atoms with Gasteiger partial charge in [-0.1, -0.05) is 12.1 Å². The van der Waals surface area contributed by atoms with Gasteiger partial charge in [0, 0.05) is 19.6 Å². The lowest BCUT2D eigenvalue weighted by atomic mass is 10.1. The predicted molar refractivity (Wildman–Crippen MR) is 88.6 cm³/mol. The normalized spacial score (nSPS) is 11.3. The molecule has 1 N–H and O–H groups in total. The summed E-state index contributed by atoms with van der Waals surface area (Å²) in [4.78, 5) is 11.5. The summed E-state index contributed by atoms with van der Waals surface area (Å²) in [6.07, 6.45) is 1.66. The molecular weight excluding hydrogens is 296 g/mol. The van der Waals surface area contributed by atoms with E-state index in [1.807, 2.05) is 45.0 Å². The lowest BCUT2D eigenvalue weighted by molar-refractivity contribution is -0.155. The average molecular weight is 324 g/mol. The minimum Gasteiger partial charge on any atom is -0.491 e. The zero-order valence-electron chi connectivity index (χ0n) is 14.3. The van der Waals surface area contributed by atoms with Gasteiger partial charge in [0.25, 0.3) is 0 Å². The zero-order valence-corrected chi connectivity index (χ0v) is 14.3. The van der Waals surface area contributed by atoms with E-state index >= 15 is 0 Å². The Morgan fingerprint density at radius 2 is 1.78 bits per heavy atom. The van der Waals surface area contributed by atoms with Crippen LogP contribution in [0.2, 0.25) is 0 Å². The van der Waals surface area contributed by atoms with E-state index in [0.29, 0.717) is 39.1 Å². The number of hydrogen-bond acceptors (Lipinski definition) is 5. The molecule has 0 heterocycles. The van der Waals surface area contributed by atoms with Crippen molar-refractivity contribution in [2.75, 3.05) is 26.4 Å². The summed E-state index contributed by atoms with van der Waals surface area (Å²) in [6.45, 7) is 7.17. The molecular formula is C18H28O5. The van der Waals surface area contributed by atoms with Crippen LogP contribution in [-0.2, 0) is 20.7 Å². The van der Waals surface area contributed by atoms with Gasteiger partial charge in [0.05, 0.1) is 6.61 Å². The topological polar surface area (TPSA) is 65.0 Å². The molecule has 0 saturated heterocycles. The maximum absolute atomic E-state index is 11.5. The van der Waals surface area contributed by atoms with Crippen LogP contribution in [0.3, 0.4) is 0 Å². The van der Waals surface area contributed by atoms with E-state index in [4.69, 9.17) is 19.3 Å². The number of ether oxygens (including phenoxy) is 3. The third-order valence-electron chi connectivity index (χ3n) is 2.91. The molecule has 0 aliphatic heterocycles. The van der Waals surface area contributed by atoms with Crippen molar-refractivity contribution in [3.63, 3.8) is 0 Å². The van der Waals surface area contributed by atoms with Crippen LogP contribution >= 0.6 is 0 Å². The van der Waals surface area contributed by atoms with Crippen LogP contribution in [0, 0.1) is 0 Å². The second kappa shape index (κ2) is 10.2. The number of rotatable bonds is 10. The highest BCUT2D eigenvalue weighted by atomic mass is 16.6. The second-order valence-corrected chi connectivity index (χ2v) is 6.27. The number of aliphatic hydroxyl groups excluding tert-OH is 1. The Bertz CT molecular complexity index is 447. The Balaban J connectivity index is 2.04. The number of carbonyl (C=O) groups excluding carboxylic acids is 1. The average Bonchev–Trinajstić information content (AvgIpc) is 2.46. The molecule has 0 bridgehead atoms. The molecule has 1 aromatic carbocycles. The first-order valence-electron chi connectivity index (χ1n) is 8.03. The maximum Gasteiger partial charge on any atom is 0.306 e. The maximum atomic E-state index is 11.5. The zero-order chi connectivity index (χ0) is 17.1. The summed E-state index contributed by atoms with van der Waals surface area (Å²) in [6, 6.07) is 7.64. The fraction of sp³-hybridized carbons (Fsp3) is 0.611. The van der Waals surface area contributed by atoms with Crippen molar-refractivity contribution >= 4 is 5.97 Å². The van der Waals surface area contributed by atoms with Crippen LogP contribution in [0.25, 0.3) is 0 Å². The smallest absolute Gasteiger partial charge is 0.306 e. The first-order chi connectivity index (χ1) is 10.9. The van der Waals surface area contributed by atoms with Crippen LogP contribution in [0.4, 0.5) is 0 Å². The molecule has 5 nitrogen and oxygen atoms in total. The Morgan fingerprint density at radius 1 is 1.09 bits per heavy atom. The number of carbonyl (C=O) groups is 1. The third kappa shape index (κ3) is 9.92. The highest BCUT2D eigenvalue weighted by Gasteiger charge is 2.15. The first kappa shape index (κ1) is 19.5. The fourth-order valence-corrected chi connectivity index (χ4v) is 1.91. The molecule has 0 spiro atoms. The van der Waals surface area contributed by atoms with Crippen LogP contribution in [0.1, 0.15) is 39.2 Å². The van der Waals surface area contributed by atoms with E-state index in [1.165, 1.54) is 0 Å². The minimum atomic E-state index is -0.432. The van der Waals surface area contributed by atoms with Crippen molar-refractivity contribution in [3.05, 3.63) is 29.8 Å². The summed E-state index contributed by atoms with van der Waals surface area (Å²) in [5, 5.41) is 8.85. The lowest BCUT2D eigenvalue weighted by Gasteiger charge is -2.19. The molecule has 0 amide bonds. The molecule has 0 atom stereocenters.